The number of fused-ring (bicyclic) bond motifs is 1. The molecule has 0 saturated carbocycles. The molecule has 0 spiro atoms. The van der Waals surface area contributed by atoms with Gasteiger partial charge in [-0.05, 0) is 85.0 Å². The number of unbranched alkanes of at least 4 members (excludes halogenated alkanes) is 32. The Kier molecular flexibility index (Phi) is 36.8. The van der Waals surface area contributed by atoms with E-state index in [1.54, 1.807) is 45.3 Å². The fourth-order valence-electron chi connectivity index (χ4n) is 12.2. The molecular formula is C76H114N2O6S4. The monoisotopic (exact) mass is 1280 g/mol. The van der Waals surface area contributed by atoms with Gasteiger partial charge in [0.25, 0.3) is 0 Å². The van der Waals surface area contributed by atoms with Crippen molar-refractivity contribution in [1.29, 1.82) is 0 Å². The van der Waals surface area contributed by atoms with Crippen LogP contribution >= 0.6 is 45.3 Å². The minimum absolute atomic E-state index is 0.341. The number of hydrogen-bond acceptors (Lipinski definition) is 12. The van der Waals surface area contributed by atoms with E-state index in [2.05, 4.69) is 39.8 Å². The normalized spacial score (nSPS) is 12.3. The minimum Gasteiger partial charge on any atom is -0.492 e. The highest BCUT2D eigenvalue weighted by Gasteiger charge is 2.25. The van der Waals surface area contributed by atoms with Crippen molar-refractivity contribution < 1.29 is 28.5 Å². The molecule has 88 heavy (non-hydrogen) atoms. The molecule has 0 saturated heterocycles. The molecule has 0 fully saturated rings. The van der Waals surface area contributed by atoms with Crippen molar-refractivity contribution >= 4 is 66.9 Å². The molecule has 0 amide bonds. The molecule has 2 aromatic carbocycles. The van der Waals surface area contributed by atoms with Crippen LogP contribution in [-0.4, -0.2) is 49.3 Å². The third kappa shape index (κ3) is 26.6. The molecule has 6 aromatic rings. The Hall–Kier alpha value is -4.10. The van der Waals surface area contributed by atoms with Crippen LogP contribution in [0.1, 0.15) is 305 Å². The number of benzene rings is 2. The maximum Gasteiger partial charge on any atom is 0.337 e. The molecule has 6 rings (SSSR count). The van der Waals surface area contributed by atoms with E-state index in [0.29, 0.717) is 36.2 Å². The molecule has 0 bridgehead atoms. The van der Waals surface area contributed by atoms with Gasteiger partial charge < -0.3 is 18.9 Å². The van der Waals surface area contributed by atoms with Gasteiger partial charge in [0.15, 0.2) is 9.66 Å². The Bertz CT molecular complexity index is 2560. The summed E-state index contributed by atoms with van der Waals surface area (Å²) >= 11 is 6.68. The number of thiophene rings is 2. The van der Waals surface area contributed by atoms with Crippen molar-refractivity contribution in [2.45, 2.75) is 285 Å². The zero-order valence-electron chi connectivity index (χ0n) is 55.6. The SMILES string of the molecule is CCCCCCCCCCCCC(CCCCCCCCCC)COc1cc(-c2ccc(C(=O)OC)cc2)sc1-c1nc2sc(-c3sc(-c4ccc(C(=O)OC)cc4)cc3OCC(CCCCCCCCCC)CCCCCCCCCCCC)nc2s1. The molecule has 2 unspecified atom stereocenters. The smallest absolute Gasteiger partial charge is 0.337 e. The van der Waals surface area contributed by atoms with E-state index in [-0.39, 0.29) is 11.9 Å². The summed E-state index contributed by atoms with van der Waals surface area (Å²) in [5.41, 5.74) is 3.11. The van der Waals surface area contributed by atoms with Crippen LogP contribution < -0.4 is 9.47 Å². The van der Waals surface area contributed by atoms with Crippen LogP contribution in [0.4, 0.5) is 0 Å². The highest BCUT2D eigenvalue weighted by Crippen LogP contribution is 2.50. The number of aromatic nitrogens is 2. The topological polar surface area (TPSA) is 96.8 Å². The highest BCUT2D eigenvalue weighted by molar-refractivity contribution is 7.32. The van der Waals surface area contributed by atoms with Gasteiger partial charge in [0.2, 0.25) is 0 Å². The van der Waals surface area contributed by atoms with Gasteiger partial charge in [-0.1, -0.05) is 306 Å². The first-order valence-electron chi connectivity index (χ1n) is 35.5. The number of methoxy groups -OCH3 is 2. The summed E-state index contributed by atoms with van der Waals surface area (Å²) in [6.07, 6.45) is 52.8. The van der Waals surface area contributed by atoms with E-state index >= 15 is 0 Å². The molecule has 12 heteroatoms. The van der Waals surface area contributed by atoms with Gasteiger partial charge in [0, 0.05) is 9.75 Å². The first kappa shape index (κ1) is 73.0. The van der Waals surface area contributed by atoms with E-state index in [1.807, 2.05) is 48.5 Å². The lowest BCUT2D eigenvalue weighted by Crippen LogP contribution is -2.12. The molecule has 4 heterocycles. The second-order valence-corrected chi connectivity index (χ2v) is 29.3. The molecule has 0 aliphatic carbocycles. The zero-order chi connectivity index (χ0) is 62.2. The second kappa shape index (κ2) is 44.4. The summed E-state index contributed by atoms with van der Waals surface area (Å²) in [4.78, 5) is 41.7. The Morgan fingerprint density at radius 3 is 0.886 bits per heavy atom. The van der Waals surface area contributed by atoms with Gasteiger partial charge in [-0.25, -0.2) is 19.6 Å². The van der Waals surface area contributed by atoms with Crippen LogP contribution in [-0.2, 0) is 9.47 Å². The first-order chi connectivity index (χ1) is 43.3. The Labute approximate surface area is 549 Å². The largest absolute Gasteiger partial charge is 0.492 e. The summed E-state index contributed by atoms with van der Waals surface area (Å²) in [5.74, 6) is 2.05. The summed E-state index contributed by atoms with van der Waals surface area (Å²) in [6.45, 7) is 10.6. The number of hydrogen-bond donors (Lipinski definition) is 0. The fraction of sp³-hybridized carbons (Fsp3) is 0.658. The lowest BCUT2D eigenvalue weighted by atomic mass is 9.94. The van der Waals surface area contributed by atoms with Gasteiger partial charge in [-0.3, -0.25) is 0 Å². The van der Waals surface area contributed by atoms with E-state index in [0.717, 1.165) is 61.8 Å². The summed E-state index contributed by atoms with van der Waals surface area (Å²) in [7, 11) is 2.85. The van der Waals surface area contributed by atoms with Crippen LogP contribution in [0.25, 0.3) is 50.3 Å². The summed E-state index contributed by atoms with van der Waals surface area (Å²) in [5, 5.41) is 1.83. The van der Waals surface area contributed by atoms with E-state index < -0.39 is 0 Å². The van der Waals surface area contributed by atoms with Crippen molar-refractivity contribution in [2.75, 3.05) is 27.4 Å². The van der Waals surface area contributed by atoms with Crippen LogP contribution in [0.5, 0.6) is 11.5 Å². The molecule has 0 aliphatic heterocycles. The second-order valence-electron chi connectivity index (χ2n) is 25.2. The van der Waals surface area contributed by atoms with Crippen molar-refractivity contribution in [2.24, 2.45) is 11.8 Å². The molecule has 2 atom stereocenters. The highest BCUT2D eigenvalue weighted by atomic mass is 32.1. The predicted molar refractivity (Wildman–Crippen MR) is 381 cm³/mol. The Morgan fingerprint density at radius 2 is 0.625 bits per heavy atom. The van der Waals surface area contributed by atoms with E-state index in [1.165, 1.54) is 271 Å². The van der Waals surface area contributed by atoms with Gasteiger partial charge in [0.05, 0.1) is 38.6 Å². The quantitative estimate of drug-likeness (QED) is 0.0275. The fourth-order valence-corrected chi connectivity index (χ4v) is 16.6. The van der Waals surface area contributed by atoms with Crippen molar-refractivity contribution in [1.82, 2.24) is 9.97 Å². The summed E-state index contributed by atoms with van der Waals surface area (Å²) in [6, 6.07) is 19.8. The van der Waals surface area contributed by atoms with E-state index in [4.69, 9.17) is 28.9 Å². The molecule has 488 valence electrons. The van der Waals surface area contributed by atoms with Crippen LogP contribution in [0, 0.1) is 11.8 Å². The average Bonchev–Trinajstić information content (AvgIpc) is 2.09. The molecule has 4 aromatic heterocycles. The molecule has 0 radical (unpaired) electrons. The van der Waals surface area contributed by atoms with Crippen LogP contribution in [0.2, 0.25) is 0 Å². The number of ether oxygens (including phenoxy) is 4. The van der Waals surface area contributed by atoms with Crippen molar-refractivity contribution in [3.8, 4) is 52.1 Å². The number of esters is 2. The predicted octanol–water partition coefficient (Wildman–Crippen LogP) is 25.8. The van der Waals surface area contributed by atoms with Crippen LogP contribution in [0.3, 0.4) is 0 Å². The number of nitrogens with zero attached hydrogens (tertiary/aromatic N) is 2. The Morgan fingerprint density at radius 1 is 0.364 bits per heavy atom. The molecular weight excluding hydrogens is 1170 g/mol. The number of thiazole rings is 2. The van der Waals surface area contributed by atoms with Gasteiger partial charge in [0.1, 0.15) is 31.3 Å². The third-order valence-electron chi connectivity index (χ3n) is 17.8. The first-order valence-corrected chi connectivity index (χ1v) is 38.7. The maximum absolute atomic E-state index is 12.5. The Balaban J connectivity index is 1.23. The molecule has 0 aliphatic rings. The zero-order valence-corrected chi connectivity index (χ0v) is 58.9. The number of rotatable bonds is 52. The van der Waals surface area contributed by atoms with Gasteiger partial charge >= 0.3 is 11.9 Å². The van der Waals surface area contributed by atoms with Crippen molar-refractivity contribution in [3.05, 3.63) is 71.8 Å². The lowest BCUT2D eigenvalue weighted by molar-refractivity contribution is 0.0592. The average molecular weight is 1280 g/mol. The lowest BCUT2D eigenvalue weighted by Gasteiger charge is -2.18. The standard InChI is InChI=1S/C76H114N2O6S4/c1-7-11-15-19-23-27-29-33-37-41-45-59(43-39-35-31-25-21-17-13-9-3)57-83-65-55-67(61-47-51-63(52-48-61)75(79)81-5)85-69(65)71-77-73-74(87-71)78-72(88-73)70-66(56-68(86-70)62-49-53-64(54-50-62)76(80)82-6)84-58-60(44-40-36-32-26-22-18-14-10-4)46-42-38-34-30-28-24-20-16-12-8-2/h47-56,59-60H,7-46,57-58H2,1-6H3. The molecule has 8 nitrogen and oxygen atoms in total. The summed E-state index contributed by atoms with van der Waals surface area (Å²) < 4.78 is 24.2. The van der Waals surface area contributed by atoms with E-state index in [9.17, 15) is 9.59 Å². The van der Waals surface area contributed by atoms with Crippen molar-refractivity contribution in [3.63, 3.8) is 0 Å². The van der Waals surface area contributed by atoms with Gasteiger partial charge in [-0.15, -0.1) is 22.7 Å². The third-order valence-corrected chi connectivity index (χ3v) is 22.4. The van der Waals surface area contributed by atoms with Gasteiger partial charge in [-0.2, -0.15) is 0 Å². The number of carbonyl (C=O) groups is 2. The molecule has 0 N–H and O–H groups in total. The maximum atomic E-state index is 12.5. The number of carbonyl (C=O) groups excluding carboxylic acids is 2. The minimum atomic E-state index is -0.341. The van der Waals surface area contributed by atoms with Crippen LogP contribution in [0.15, 0.2) is 60.7 Å².